The maximum Gasteiger partial charge on any atom is 0.295 e. The summed E-state index contributed by atoms with van der Waals surface area (Å²) in [6.07, 6.45) is 2.01. The Hall–Kier alpha value is -4.65. The first-order valence-corrected chi connectivity index (χ1v) is 17.6. The van der Waals surface area contributed by atoms with Gasteiger partial charge in [-0.3, -0.25) is 33.9 Å². The van der Waals surface area contributed by atoms with E-state index in [1.165, 1.54) is 31.4 Å². The van der Waals surface area contributed by atoms with Crippen molar-refractivity contribution in [1.29, 1.82) is 0 Å². The van der Waals surface area contributed by atoms with Crippen molar-refractivity contribution < 1.29 is 53.5 Å². The minimum absolute atomic E-state index is 0. The third-order valence-corrected chi connectivity index (χ3v) is 9.06. The third-order valence-electron chi connectivity index (χ3n) is 6.37. The zero-order chi connectivity index (χ0) is 37.6. The van der Waals surface area contributed by atoms with Gasteiger partial charge in [-0.25, -0.2) is 0 Å². The van der Waals surface area contributed by atoms with Gasteiger partial charge in [0.1, 0.15) is 15.5 Å². The number of methoxy groups -OCH3 is 1. The van der Waals surface area contributed by atoms with Gasteiger partial charge in [0.15, 0.2) is 0 Å². The second kappa shape index (κ2) is 17.0. The average molecular weight is 775 g/mol. The number of azo groups is 1. The zero-order valence-electron chi connectivity index (χ0n) is 26.5. The van der Waals surface area contributed by atoms with E-state index in [-0.39, 0.29) is 45.6 Å². The predicted molar refractivity (Wildman–Crippen MR) is 183 cm³/mol. The van der Waals surface area contributed by atoms with E-state index in [0.717, 1.165) is 42.0 Å². The maximum absolute atomic E-state index is 11.5. The van der Waals surface area contributed by atoms with Gasteiger partial charge in [0.25, 0.3) is 41.7 Å². The van der Waals surface area contributed by atoms with Crippen LogP contribution in [-0.4, -0.2) is 85.4 Å². The molecule has 0 heterocycles. The van der Waals surface area contributed by atoms with Crippen molar-refractivity contribution in [1.82, 2.24) is 0 Å². The van der Waals surface area contributed by atoms with Crippen LogP contribution in [0.4, 0.5) is 28.4 Å². The van der Waals surface area contributed by atoms with Crippen LogP contribution in [0, 0.1) is 27.2 Å². The van der Waals surface area contributed by atoms with Crippen molar-refractivity contribution in [2.75, 3.05) is 12.8 Å². The van der Waals surface area contributed by atoms with Crippen LogP contribution in [0.5, 0.6) is 5.75 Å². The molecule has 0 spiro atoms. The molecule has 4 aromatic carbocycles. The summed E-state index contributed by atoms with van der Waals surface area (Å²) in [5, 5.41) is 29.7. The number of nitrogen functional groups attached to an aromatic ring is 1. The fourth-order valence-electron chi connectivity index (χ4n) is 3.96. The van der Waals surface area contributed by atoms with Crippen LogP contribution in [0.1, 0.15) is 16.7 Å². The molecule has 4 rings (SSSR count). The van der Waals surface area contributed by atoms with Crippen LogP contribution in [0.3, 0.4) is 0 Å². The molecule has 0 atom stereocenters. The van der Waals surface area contributed by atoms with Crippen molar-refractivity contribution in [3.05, 3.63) is 110 Å². The average Bonchev–Trinajstić information content (AvgIpc) is 3.02. The zero-order valence-corrected chi connectivity index (χ0v) is 31.0. The van der Waals surface area contributed by atoms with E-state index < -0.39 is 61.4 Å². The predicted octanol–water partition coefficient (Wildman–Crippen LogP) is 5.03. The molecule has 0 amide bonds. The van der Waals surface area contributed by atoms with E-state index in [4.69, 9.17) is 15.0 Å². The molecule has 0 saturated heterocycles. The first-order chi connectivity index (χ1) is 23.1. The van der Waals surface area contributed by atoms with Gasteiger partial charge in [0, 0.05) is 59.9 Å². The number of rotatable bonds is 10. The Morgan fingerprint density at radius 1 is 0.706 bits per heavy atom. The number of benzene rings is 4. The summed E-state index contributed by atoms with van der Waals surface area (Å²) in [7, 11) is -12.4. The summed E-state index contributed by atoms with van der Waals surface area (Å²) in [5.74, 6) is 0.501. The van der Waals surface area contributed by atoms with E-state index >= 15 is 0 Å². The number of nitrogens with zero attached hydrogens (tertiary/aromatic N) is 4. The molecule has 0 aromatic heterocycles. The fourth-order valence-corrected chi connectivity index (χ4v) is 5.84. The first kappa shape index (κ1) is 42.5. The Bertz CT molecular complexity index is 2270. The summed E-state index contributed by atoms with van der Waals surface area (Å²) < 4.78 is 100. The summed E-state index contributed by atoms with van der Waals surface area (Å²) in [5.41, 5.74) is 6.48. The second-order valence-corrected chi connectivity index (χ2v) is 14.0. The van der Waals surface area contributed by atoms with E-state index in [2.05, 4.69) is 10.2 Å². The SMILES string of the molecule is COc1cc(N=Nc2ccc(S(=O)(=O)O)cc2)c(C)cc1N.O=[N+]([O-])c1ccc(C=Cc2ccc([N+](=O)[O-])cc2S(=O)(=O)O)c(S(=O)(=O)O)c1.[Na]. The molecule has 0 aliphatic rings. The van der Waals surface area contributed by atoms with Gasteiger partial charge in [-0.15, -0.1) is 0 Å². The normalized spacial score (nSPS) is 11.8. The Kier molecular flexibility index (Phi) is 14.2. The van der Waals surface area contributed by atoms with Crippen molar-refractivity contribution in [3.8, 4) is 5.75 Å². The molecule has 4 aromatic rings. The van der Waals surface area contributed by atoms with Crippen LogP contribution in [-0.2, 0) is 30.4 Å². The summed E-state index contributed by atoms with van der Waals surface area (Å²) in [4.78, 5) is 18.0. The smallest absolute Gasteiger partial charge is 0.295 e. The fraction of sp³-hybridized carbons (Fsp3) is 0.0714. The number of ether oxygens (including phenoxy) is 1. The van der Waals surface area contributed by atoms with Crippen LogP contribution < -0.4 is 10.5 Å². The van der Waals surface area contributed by atoms with Gasteiger partial charge < -0.3 is 10.5 Å². The minimum Gasteiger partial charge on any atom is -0.495 e. The number of nitrogens with two attached hydrogens (primary N) is 1. The molecule has 0 unspecified atom stereocenters. The second-order valence-electron chi connectivity index (χ2n) is 9.79. The Morgan fingerprint density at radius 3 is 1.53 bits per heavy atom. The summed E-state index contributed by atoms with van der Waals surface area (Å²) >= 11 is 0. The summed E-state index contributed by atoms with van der Waals surface area (Å²) in [6.45, 7) is 1.84. The summed E-state index contributed by atoms with van der Waals surface area (Å²) in [6, 6.07) is 13.9. The van der Waals surface area contributed by atoms with Gasteiger partial charge in [-0.1, -0.05) is 12.2 Å². The Balaban J connectivity index is 0.000000356. The molecule has 19 nitrogen and oxygen atoms in total. The molecule has 0 aliphatic heterocycles. The monoisotopic (exact) mass is 774 g/mol. The van der Waals surface area contributed by atoms with Gasteiger partial charge >= 0.3 is 0 Å². The molecule has 0 aliphatic carbocycles. The topological polar surface area (TPSA) is 309 Å². The molecular weight excluding hydrogens is 750 g/mol. The molecule has 5 N–H and O–H groups in total. The van der Waals surface area contributed by atoms with Crippen molar-refractivity contribution >= 4 is 101 Å². The van der Waals surface area contributed by atoms with Crippen LogP contribution in [0.2, 0.25) is 0 Å². The third kappa shape index (κ3) is 11.7. The van der Waals surface area contributed by atoms with Gasteiger partial charge in [0.2, 0.25) is 0 Å². The van der Waals surface area contributed by atoms with Crippen LogP contribution in [0.15, 0.2) is 97.7 Å². The molecule has 1 radical (unpaired) electrons. The number of hydrogen-bond acceptors (Lipinski definition) is 14. The van der Waals surface area contributed by atoms with E-state index in [1.54, 1.807) is 12.1 Å². The van der Waals surface area contributed by atoms with Crippen molar-refractivity contribution in [2.45, 2.75) is 21.6 Å². The van der Waals surface area contributed by atoms with Gasteiger partial charge in [0.05, 0.1) is 38.9 Å². The number of hydrogen-bond donors (Lipinski definition) is 4. The molecule has 51 heavy (non-hydrogen) atoms. The number of nitro benzene ring substituents is 2. The number of anilines is 1. The molecule has 0 fully saturated rings. The van der Waals surface area contributed by atoms with Gasteiger partial charge in [-0.2, -0.15) is 35.5 Å². The molecule has 265 valence electrons. The van der Waals surface area contributed by atoms with E-state index in [0.29, 0.717) is 34.9 Å². The minimum atomic E-state index is -4.86. The number of aryl methyl sites for hydroxylation is 1. The van der Waals surface area contributed by atoms with E-state index in [1.807, 2.05) is 6.92 Å². The quantitative estimate of drug-likeness (QED) is 0.0312. The first-order valence-electron chi connectivity index (χ1n) is 13.2. The van der Waals surface area contributed by atoms with Crippen LogP contribution >= 0.6 is 0 Å². The molecule has 0 bridgehead atoms. The van der Waals surface area contributed by atoms with Crippen molar-refractivity contribution in [2.24, 2.45) is 10.2 Å². The Morgan fingerprint density at radius 2 is 1.16 bits per heavy atom. The largest absolute Gasteiger partial charge is 0.495 e. The Labute approximate surface area is 312 Å². The molecular formula is C28H25N5NaO14S3. The number of nitro groups is 2. The van der Waals surface area contributed by atoms with E-state index in [9.17, 15) is 54.6 Å². The van der Waals surface area contributed by atoms with Gasteiger partial charge in [-0.05, 0) is 66.1 Å². The van der Waals surface area contributed by atoms with Crippen LogP contribution in [0.25, 0.3) is 12.2 Å². The number of non-ortho nitro benzene ring substituents is 2. The molecule has 0 saturated carbocycles. The van der Waals surface area contributed by atoms with Crippen molar-refractivity contribution in [3.63, 3.8) is 0 Å². The molecule has 23 heteroatoms. The maximum atomic E-state index is 11.5. The standard InChI is InChI=1S/C14H15N3O4S.C14H10N2O10S2.Na/c1-9-7-12(15)14(21-2)8-13(9)17-16-10-3-5-11(6-4-10)22(18,19)20;17-15(18)11-5-3-9(13(7-11)27(21,22)23)1-2-10-4-6-12(16(19)20)8-14(10)28(24,25)26;/h3-8H,15H2,1-2H3,(H,18,19,20);1-8H,(H,21,22,23)(H,24,25,26);.